The van der Waals surface area contributed by atoms with Crippen molar-refractivity contribution in [3.63, 3.8) is 0 Å². The van der Waals surface area contributed by atoms with Crippen LogP contribution in [0.3, 0.4) is 0 Å². The quantitative estimate of drug-likeness (QED) is 0.605. The molecule has 1 aromatic carbocycles. The molecule has 0 bridgehead atoms. The number of rotatable bonds is 4. The first kappa shape index (κ1) is 17.0. The van der Waals surface area contributed by atoms with Gasteiger partial charge < -0.3 is 15.2 Å². The summed E-state index contributed by atoms with van der Waals surface area (Å²) in [6.07, 6.45) is 4.24. The molecule has 3 heterocycles. The number of hydrogen-bond acceptors (Lipinski definition) is 5. The Morgan fingerprint density at radius 1 is 1.15 bits per heavy atom. The van der Waals surface area contributed by atoms with Gasteiger partial charge in [-0.1, -0.05) is 12.1 Å². The zero-order valence-electron chi connectivity index (χ0n) is 14.8. The number of carbonyl (C=O) groups is 2. The Morgan fingerprint density at radius 3 is 2.67 bits per heavy atom. The lowest BCUT2D eigenvalue weighted by Crippen LogP contribution is -2.29. The molecule has 0 radical (unpaired) electrons. The summed E-state index contributed by atoms with van der Waals surface area (Å²) in [7, 11) is 0. The molecule has 1 aliphatic heterocycles. The van der Waals surface area contributed by atoms with E-state index in [-0.39, 0.29) is 0 Å². The number of aromatic nitrogens is 5. The summed E-state index contributed by atoms with van der Waals surface area (Å²) < 4.78 is 2.16. The van der Waals surface area contributed by atoms with Gasteiger partial charge in [0.2, 0.25) is 0 Å². The maximum absolute atomic E-state index is 12.0. The number of aromatic amines is 1. The molecular weight excluding hydrogens is 346 g/mol. The first-order chi connectivity index (χ1) is 13.1. The van der Waals surface area contributed by atoms with Gasteiger partial charge in [0.05, 0.1) is 17.6 Å². The fraction of sp³-hybridized carbons (Fsp3) is 0.278. The second-order valence-corrected chi connectivity index (χ2v) is 6.48. The van der Waals surface area contributed by atoms with E-state index in [1.807, 2.05) is 12.1 Å². The highest BCUT2D eigenvalue weighted by molar-refractivity contribution is 6.43. The van der Waals surface area contributed by atoms with Crippen molar-refractivity contribution in [2.75, 3.05) is 10.6 Å². The van der Waals surface area contributed by atoms with Crippen LogP contribution in [-0.4, -0.2) is 36.8 Å². The molecule has 0 saturated heterocycles. The molecule has 138 valence electrons. The summed E-state index contributed by atoms with van der Waals surface area (Å²) in [6.45, 7) is 2.72. The van der Waals surface area contributed by atoms with Crippen LogP contribution in [0.4, 0.5) is 11.4 Å². The van der Waals surface area contributed by atoms with Crippen molar-refractivity contribution in [2.45, 2.75) is 32.7 Å². The lowest BCUT2D eigenvalue weighted by atomic mass is 10.1. The van der Waals surface area contributed by atoms with Gasteiger partial charge in [-0.15, -0.1) is 10.2 Å². The molecule has 4 rings (SSSR count). The number of benzene rings is 1. The van der Waals surface area contributed by atoms with E-state index in [1.165, 1.54) is 6.20 Å². The van der Waals surface area contributed by atoms with Gasteiger partial charge in [0.25, 0.3) is 0 Å². The molecule has 9 nitrogen and oxygen atoms in total. The standard InChI is InChI=1S/C18H19N7O2/c1-11-14(10-19-22-11)21-18(27)17(26)20-13-6-4-12(5-7-13)9-16-24-23-15-3-2-8-25(15)16/h4-7,10H,2-3,8-9H2,1H3,(H,19,22)(H,20,26)(H,21,27). The fourth-order valence-corrected chi connectivity index (χ4v) is 3.07. The number of H-pyrrole nitrogens is 1. The number of nitrogens with one attached hydrogen (secondary N) is 3. The zero-order chi connectivity index (χ0) is 18.8. The minimum atomic E-state index is -0.748. The highest BCUT2D eigenvalue weighted by Gasteiger charge is 2.18. The SMILES string of the molecule is Cc1[nH]ncc1NC(=O)C(=O)Nc1ccc(Cc2nnc3n2CCC3)cc1. The van der Waals surface area contributed by atoms with Crippen LogP contribution in [-0.2, 0) is 29.0 Å². The van der Waals surface area contributed by atoms with Crippen LogP contribution in [0.1, 0.15) is 29.3 Å². The third kappa shape index (κ3) is 3.57. The van der Waals surface area contributed by atoms with Gasteiger partial charge in [-0.3, -0.25) is 14.7 Å². The fourth-order valence-electron chi connectivity index (χ4n) is 3.07. The summed E-state index contributed by atoms with van der Waals surface area (Å²) in [5.41, 5.74) is 2.77. The third-order valence-corrected chi connectivity index (χ3v) is 4.54. The number of fused-ring (bicyclic) bond motifs is 1. The molecule has 0 aliphatic carbocycles. The second kappa shape index (κ2) is 7.02. The number of nitrogens with zero attached hydrogens (tertiary/aromatic N) is 4. The molecule has 0 saturated carbocycles. The Labute approximate surface area is 155 Å². The van der Waals surface area contributed by atoms with Crippen molar-refractivity contribution >= 4 is 23.2 Å². The average molecular weight is 365 g/mol. The number of amides is 2. The monoisotopic (exact) mass is 365 g/mol. The van der Waals surface area contributed by atoms with E-state index >= 15 is 0 Å². The first-order valence-electron chi connectivity index (χ1n) is 8.72. The van der Waals surface area contributed by atoms with E-state index in [4.69, 9.17) is 0 Å². The zero-order valence-corrected chi connectivity index (χ0v) is 14.8. The highest BCUT2D eigenvalue weighted by atomic mass is 16.2. The highest BCUT2D eigenvalue weighted by Crippen LogP contribution is 2.18. The van der Waals surface area contributed by atoms with Gasteiger partial charge in [0, 0.05) is 25.1 Å². The first-order valence-corrected chi connectivity index (χ1v) is 8.72. The molecule has 0 fully saturated rings. The molecule has 3 aromatic rings. The van der Waals surface area contributed by atoms with Gasteiger partial charge in [-0.2, -0.15) is 5.10 Å². The maximum Gasteiger partial charge on any atom is 0.314 e. The van der Waals surface area contributed by atoms with Gasteiger partial charge >= 0.3 is 11.8 Å². The van der Waals surface area contributed by atoms with Crippen molar-refractivity contribution in [2.24, 2.45) is 0 Å². The van der Waals surface area contributed by atoms with E-state index in [2.05, 4.69) is 35.6 Å². The molecule has 2 aromatic heterocycles. The van der Waals surface area contributed by atoms with E-state index in [1.54, 1.807) is 19.1 Å². The van der Waals surface area contributed by atoms with E-state index in [9.17, 15) is 9.59 Å². The summed E-state index contributed by atoms with van der Waals surface area (Å²) in [4.78, 5) is 24.0. The van der Waals surface area contributed by atoms with Crippen molar-refractivity contribution in [3.05, 3.63) is 53.4 Å². The molecule has 0 atom stereocenters. The average Bonchev–Trinajstić information content (AvgIpc) is 3.36. The Morgan fingerprint density at radius 2 is 1.93 bits per heavy atom. The van der Waals surface area contributed by atoms with Crippen LogP contribution >= 0.6 is 0 Å². The topological polar surface area (TPSA) is 118 Å². The van der Waals surface area contributed by atoms with Crippen LogP contribution in [0.2, 0.25) is 0 Å². The summed E-state index contributed by atoms with van der Waals surface area (Å²) in [5, 5.41) is 20.1. The predicted octanol–water partition coefficient (Wildman–Crippen LogP) is 1.42. The van der Waals surface area contributed by atoms with Crippen LogP contribution in [0.25, 0.3) is 0 Å². The summed E-state index contributed by atoms with van der Waals surface area (Å²) >= 11 is 0. The third-order valence-electron chi connectivity index (χ3n) is 4.54. The Kier molecular flexibility index (Phi) is 4.41. The molecule has 0 spiro atoms. The van der Waals surface area contributed by atoms with Gasteiger partial charge in [-0.05, 0) is 31.0 Å². The van der Waals surface area contributed by atoms with Crippen LogP contribution in [0.15, 0.2) is 30.5 Å². The van der Waals surface area contributed by atoms with E-state index in [0.717, 1.165) is 36.6 Å². The normalized spacial score (nSPS) is 12.6. The number of anilines is 2. The van der Waals surface area contributed by atoms with Gasteiger partial charge in [0.1, 0.15) is 11.6 Å². The lowest BCUT2D eigenvalue weighted by Gasteiger charge is -2.07. The molecule has 9 heteroatoms. The van der Waals surface area contributed by atoms with Crippen LogP contribution in [0, 0.1) is 6.92 Å². The largest absolute Gasteiger partial charge is 0.318 e. The Hall–Kier alpha value is -3.49. The molecule has 1 aliphatic rings. The smallest absolute Gasteiger partial charge is 0.314 e. The number of carbonyl (C=O) groups excluding carboxylic acids is 2. The lowest BCUT2D eigenvalue weighted by molar-refractivity contribution is -0.133. The molecule has 27 heavy (non-hydrogen) atoms. The summed E-state index contributed by atoms with van der Waals surface area (Å²) in [6, 6.07) is 7.35. The van der Waals surface area contributed by atoms with Crippen molar-refractivity contribution < 1.29 is 9.59 Å². The predicted molar refractivity (Wildman–Crippen MR) is 98.2 cm³/mol. The summed E-state index contributed by atoms with van der Waals surface area (Å²) in [5.74, 6) is 0.517. The van der Waals surface area contributed by atoms with Crippen molar-refractivity contribution in [1.82, 2.24) is 25.0 Å². The van der Waals surface area contributed by atoms with Crippen molar-refractivity contribution in [1.29, 1.82) is 0 Å². The van der Waals surface area contributed by atoms with Crippen LogP contribution < -0.4 is 10.6 Å². The number of hydrogen-bond donors (Lipinski definition) is 3. The van der Waals surface area contributed by atoms with Gasteiger partial charge in [0.15, 0.2) is 0 Å². The van der Waals surface area contributed by atoms with Crippen molar-refractivity contribution in [3.8, 4) is 0 Å². The van der Waals surface area contributed by atoms with E-state index in [0.29, 0.717) is 23.5 Å². The molecule has 2 amide bonds. The minimum absolute atomic E-state index is 0.478. The van der Waals surface area contributed by atoms with Gasteiger partial charge in [-0.25, -0.2) is 0 Å². The molecular formula is C18H19N7O2. The molecule has 0 unspecified atom stereocenters. The van der Waals surface area contributed by atoms with Crippen LogP contribution in [0.5, 0.6) is 0 Å². The van der Waals surface area contributed by atoms with E-state index < -0.39 is 11.8 Å². The molecule has 3 N–H and O–H groups in total. The maximum atomic E-state index is 12.0. The Balaban J connectivity index is 1.36. The minimum Gasteiger partial charge on any atom is -0.318 e. The second-order valence-electron chi connectivity index (χ2n) is 6.48. The Bertz CT molecular complexity index is 988. The number of aryl methyl sites for hydroxylation is 2.